The van der Waals surface area contributed by atoms with E-state index >= 15 is 0 Å². The number of hydrogen-bond acceptors (Lipinski definition) is 3. The largest absolute Gasteiger partial charge is 0.311 e. The maximum absolute atomic E-state index is 9.70. The van der Waals surface area contributed by atoms with Crippen molar-refractivity contribution in [3.05, 3.63) is 148 Å². The van der Waals surface area contributed by atoms with Crippen molar-refractivity contribution in [1.82, 2.24) is 0 Å². The van der Waals surface area contributed by atoms with Crippen molar-refractivity contribution in [2.45, 2.75) is 181 Å². The van der Waals surface area contributed by atoms with Crippen LogP contribution in [0.5, 0.6) is 0 Å². The summed E-state index contributed by atoms with van der Waals surface area (Å²) in [5.74, 6) is 0. The van der Waals surface area contributed by atoms with Crippen LogP contribution < -0.4 is 25.5 Å². The number of benzene rings is 6. The minimum atomic E-state index is -0.381. The maximum atomic E-state index is 9.70. The monoisotopic (exact) mass is 946 g/mol. The van der Waals surface area contributed by atoms with Gasteiger partial charge in [0, 0.05) is 43.2 Å². The summed E-state index contributed by atoms with van der Waals surface area (Å²) in [6, 6.07) is 29.7. The molecule has 360 valence electrons. The Morgan fingerprint density at radius 2 is 0.986 bits per heavy atom. The number of hydrogen-bond donors (Lipinski definition) is 0. The molecule has 11 rings (SSSR count). The first-order valence-corrected chi connectivity index (χ1v) is 26.9. The smallest absolute Gasteiger partial charge is 0.264 e. The predicted octanol–water partition coefficient (Wildman–Crippen LogP) is 17.2. The van der Waals surface area contributed by atoms with Crippen LogP contribution in [0.2, 0.25) is 0 Å². The highest BCUT2D eigenvalue weighted by molar-refractivity contribution is 7.33. The van der Waals surface area contributed by atoms with E-state index in [9.17, 15) is 2.74 Å². The highest BCUT2D eigenvalue weighted by Crippen LogP contribution is 2.56. The van der Waals surface area contributed by atoms with Crippen LogP contribution >= 0.6 is 11.3 Å². The molecular formula is C66H77BN2S. The van der Waals surface area contributed by atoms with E-state index in [1.54, 1.807) is 0 Å². The minimum Gasteiger partial charge on any atom is -0.311 e. The van der Waals surface area contributed by atoms with Gasteiger partial charge in [-0.3, -0.25) is 0 Å². The molecule has 3 heterocycles. The fourth-order valence-electron chi connectivity index (χ4n) is 12.5. The van der Waals surface area contributed by atoms with Gasteiger partial charge in [0.1, 0.15) is 0 Å². The summed E-state index contributed by atoms with van der Waals surface area (Å²) in [5, 5.41) is 1.27. The molecule has 0 spiro atoms. The van der Waals surface area contributed by atoms with Crippen molar-refractivity contribution in [3.8, 4) is 11.1 Å². The van der Waals surface area contributed by atoms with Gasteiger partial charge in [-0.25, -0.2) is 0 Å². The second-order valence-electron chi connectivity index (χ2n) is 27.3. The normalized spacial score (nSPS) is 19.5. The van der Waals surface area contributed by atoms with Crippen LogP contribution in [0.25, 0.3) is 21.2 Å². The molecular weight excluding hydrogens is 864 g/mol. The minimum absolute atomic E-state index is 0.0268. The summed E-state index contributed by atoms with van der Waals surface area (Å²) in [7, 11) is 0. The Balaban J connectivity index is 1.36. The van der Waals surface area contributed by atoms with Crippen molar-refractivity contribution in [3.63, 3.8) is 0 Å². The molecule has 4 heteroatoms. The Labute approximate surface area is 433 Å². The van der Waals surface area contributed by atoms with E-state index in [-0.39, 0.29) is 80.4 Å². The van der Waals surface area contributed by atoms with Gasteiger partial charge in [-0.15, -0.1) is 11.3 Å². The zero-order valence-electron chi connectivity index (χ0n) is 50.2. The summed E-state index contributed by atoms with van der Waals surface area (Å²) in [4.78, 5) is 5.09. The summed E-state index contributed by atoms with van der Waals surface area (Å²) in [6.45, 7) is 39.6. The Kier molecular flexibility index (Phi) is 9.04. The van der Waals surface area contributed by atoms with E-state index in [2.05, 4.69) is 206 Å². The molecule has 2 aliphatic heterocycles. The van der Waals surface area contributed by atoms with Crippen LogP contribution in [0.1, 0.15) is 189 Å². The number of nitrogens with zero attached hydrogens (tertiary/aromatic N) is 2. The molecule has 2 aliphatic carbocycles. The lowest BCUT2D eigenvalue weighted by atomic mass is 9.35. The predicted molar refractivity (Wildman–Crippen MR) is 308 cm³/mol. The van der Waals surface area contributed by atoms with E-state index in [0.717, 1.165) is 54.1 Å². The zero-order valence-corrected chi connectivity index (χ0v) is 46.0. The average Bonchev–Trinajstić information content (AvgIpc) is 3.70. The van der Waals surface area contributed by atoms with Crippen molar-refractivity contribution < 1.29 is 6.85 Å². The summed E-state index contributed by atoms with van der Waals surface area (Å²) >= 11 is 1.93. The molecule has 0 atom stereocenters. The Hall–Kier alpha value is -5.06. The highest BCUT2D eigenvalue weighted by Gasteiger charge is 2.49. The third-order valence-corrected chi connectivity index (χ3v) is 18.6. The SMILES string of the molecule is [2H]c1c([2H])c([2H])c(-c2cc3c(cc2N2c4cc5c(cc4B4c6sc7ccc(C(C)(C)C)cc7c6N(c6ccc(C(C)(C)C)cc6)c6cc(C(C)(C)C)cc2c64)C(C)(C)CCC5(C)C)C(C)(C)CCC3(C)C)c([2H])c1[2H]. The molecule has 0 bridgehead atoms. The molecule has 0 radical (unpaired) electrons. The average molecular weight is 946 g/mol. The van der Waals surface area contributed by atoms with Gasteiger partial charge in [-0.05, 0) is 174 Å². The fraction of sp³-hybridized carbons (Fsp3) is 0.424. The number of thiophene rings is 1. The fourth-order valence-corrected chi connectivity index (χ4v) is 13.7. The molecule has 0 saturated heterocycles. The molecule has 7 aromatic rings. The van der Waals surface area contributed by atoms with Crippen molar-refractivity contribution in [2.75, 3.05) is 9.80 Å². The van der Waals surface area contributed by atoms with E-state index in [4.69, 9.17) is 4.11 Å². The lowest BCUT2D eigenvalue weighted by molar-refractivity contribution is 0.332. The van der Waals surface area contributed by atoms with E-state index < -0.39 is 0 Å². The number of rotatable bonds is 3. The van der Waals surface area contributed by atoms with Crippen molar-refractivity contribution >= 4 is 78.0 Å². The molecule has 6 aromatic carbocycles. The molecule has 4 aliphatic rings. The number of anilines is 6. The lowest BCUT2D eigenvalue weighted by Crippen LogP contribution is -2.61. The second-order valence-corrected chi connectivity index (χ2v) is 28.3. The molecule has 0 fully saturated rings. The van der Waals surface area contributed by atoms with E-state index in [1.165, 1.54) is 70.4 Å². The van der Waals surface area contributed by atoms with Crippen LogP contribution in [0.4, 0.5) is 34.1 Å². The van der Waals surface area contributed by atoms with Gasteiger partial charge in [0.25, 0.3) is 6.71 Å². The van der Waals surface area contributed by atoms with Crippen LogP contribution in [0, 0.1) is 0 Å². The summed E-state index contributed by atoms with van der Waals surface area (Å²) < 4.78 is 49.0. The van der Waals surface area contributed by atoms with E-state index in [0.29, 0.717) is 5.56 Å². The standard InChI is InChI=1S/C66H77BN2S/c1-60(2,3)41-23-26-44(27-24-41)68-54-34-43(62(7,8)9)35-55-57(54)67(59-58(68)46-33-42(61(4,5)6)25-28-56(46)70-59)51-37-48-50(66(16,17)32-30-64(48,12)13)39-53(51)69(55)52-38-49-47(63(10,11)29-31-65(49,14)15)36-45(52)40-21-19-18-20-22-40/h18-28,33-39H,29-32H2,1-17H3/i18D,19D,20D,21D,22D. The van der Waals surface area contributed by atoms with Gasteiger partial charge in [-0.2, -0.15) is 0 Å². The van der Waals surface area contributed by atoms with Gasteiger partial charge >= 0.3 is 0 Å². The summed E-state index contributed by atoms with van der Waals surface area (Å²) in [5.41, 5.74) is 17.9. The molecule has 0 unspecified atom stereocenters. The lowest BCUT2D eigenvalue weighted by Gasteiger charge is -2.48. The molecule has 70 heavy (non-hydrogen) atoms. The first kappa shape index (κ1) is 41.6. The van der Waals surface area contributed by atoms with Gasteiger partial charge in [-0.1, -0.05) is 172 Å². The third-order valence-electron chi connectivity index (χ3n) is 17.3. The quantitative estimate of drug-likeness (QED) is 0.163. The molecule has 0 saturated carbocycles. The Morgan fingerprint density at radius 1 is 0.500 bits per heavy atom. The molecule has 0 N–H and O–H groups in total. The third kappa shape index (κ3) is 7.30. The van der Waals surface area contributed by atoms with Crippen LogP contribution in [0.15, 0.2) is 109 Å². The highest BCUT2D eigenvalue weighted by atomic mass is 32.1. The van der Waals surface area contributed by atoms with Crippen LogP contribution in [-0.2, 0) is 37.9 Å². The Bertz CT molecular complexity index is 3550. The first-order valence-electron chi connectivity index (χ1n) is 28.6. The van der Waals surface area contributed by atoms with Gasteiger partial charge < -0.3 is 9.80 Å². The topological polar surface area (TPSA) is 6.48 Å². The van der Waals surface area contributed by atoms with Crippen molar-refractivity contribution in [1.29, 1.82) is 0 Å². The molecule has 2 nitrogen and oxygen atoms in total. The van der Waals surface area contributed by atoms with E-state index in [1.807, 2.05) is 11.3 Å². The zero-order chi connectivity index (χ0) is 54.4. The van der Waals surface area contributed by atoms with Gasteiger partial charge in [0.2, 0.25) is 0 Å². The summed E-state index contributed by atoms with van der Waals surface area (Å²) in [6.07, 6.45) is 4.10. The molecule has 1 aromatic heterocycles. The second kappa shape index (κ2) is 15.2. The van der Waals surface area contributed by atoms with Gasteiger partial charge in [0.05, 0.1) is 18.2 Å². The maximum Gasteiger partial charge on any atom is 0.264 e. The van der Waals surface area contributed by atoms with Crippen LogP contribution in [-0.4, -0.2) is 6.71 Å². The first-order chi connectivity index (χ1) is 34.6. The van der Waals surface area contributed by atoms with Gasteiger partial charge in [0.15, 0.2) is 0 Å². The molecule has 0 amide bonds. The Morgan fingerprint density at radius 3 is 1.53 bits per heavy atom. The van der Waals surface area contributed by atoms with Crippen LogP contribution in [0.3, 0.4) is 0 Å². The number of fused-ring (bicyclic) bond motifs is 8. The van der Waals surface area contributed by atoms with Crippen molar-refractivity contribution in [2.24, 2.45) is 0 Å².